The highest BCUT2D eigenvalue weighted by atomic mass is 35.5. The Balaban J connectivity index is 1.53. The number of anilines is 1. The number of nitrogens with zero attached hydrogens (tertiary/aromatic N) is 4. The minimum Gasteiger partial charge on any atom is -0.495 e. The maximum atomic E-state index is 12.1. The zero-order valence-corrected chi connectivity index (χ0v) is 15.5. The van der Waals surface area contributed by atoms with E-state index in [9.17, 15) is 4.79 Å². The van der Waals surface area contributed by atoms with Crippen molar-refractivity contribution in [3.05, 3.63) is 53.6 Å². The van der Waals surface area contributed by atoms with E-state index in [-0.39, 0.29) is 5.91 Å². The minimum atomic E-state index is -0.113. The first-order valence-electron chi connectivity index (χ1n) is 7.77. The Morgan fingerprint density at radius 2 is 2.08 bits per heavy atom. The molecular formula is C17H16ClN5O2S. The number of thioether (sulfide) groups is 1. The van der Waals surface area contributed by atoms with E-state index in [1.807, 2.05) is 30.3 Å². The van der Waals surface area contributed by atoms with Crippen LogP contribution in [0.25, 0.3) is 5.69 Å². The summed E-state index contributed by atoms with van der Waals surface area (Å²) >= 11 is 7.47. The zero-order chi connectivity index (χ0) is 18.4. The number of benzene rings is 2. The second-order valence-corrected chi connectivity index (χ2v) is 6.67. The van der Waals surface area contributed by atoms with Gasteiger partial charge in [-0.3, -0.25) is 4.79 Å². The zero-order valence-electron chi connectivity index (χ0n) is 13.9. The highest BCUT2D eigenvalue weighted by molar-refractivity contribution is 7.99. The summed E-state index contributed by atoms with van der Waals surface area (Å²) in [6, 6.07) is 14.7. The molecule has 3 rings (SSSR count). The van der Waals surface area contributed by atoms with Gasteiger partial charge in [0.15, 0.2) is 0 Å². The van der Waals surface area contributed by atoms with Gasteiger partial charge in [0, 0.05) is 17.9 Å². The summed E-state index contributed by atoms with van der Waals surface area (Å²) in [4.78, 5) is 12.1. The van der Waals surface area contributed by atoms with Gasteiger partial charge in [-0.2, -0.15) is 4.68 Å². The summed E-state index contributed by atoms with van der Waals surface area (Å²) < 4.78 is 6.73. The summed E-state index contributed by atoms with van der Waals surface area (Å²) in [5.41, 5.74) is 1.50. The fourth-order valence-corrected chi connectivity index (χ4v) is 3.29. The third kappa shape index (κ3) is 4.53. The van der Waals surface area contributed by atoms with Crippen LogP contribution in [-0.2, 0) is 4.79 Å². The molecule has 0 unspecified atom stereocenters. The number of amides is 1. The first-order chi connectivity index (χ1) is 12.7. The van der Waals surface area contributed by atoms with Crippen molar-refractivity contribution in [1.82, 2.24) is 20.2 Å². The lowest BCUT2D eigenvalue weighted by Gasteiger charge is -2.08. The summed E-state index contributed by atoms with van der Waals surface area (Å²) in [7, 11) is 1.54. The van der Waals surface area contributed by atoms with E-state index < -0.39 is 0 Å². The van der Waals surface area contributed by atoms with Crippen LogP contribution in [0.5, 0.6) is 5.75 Å². The Kier molecular flexibility index (Phi) is 6.08. The van der Waals surface area contributed by atoms with Gasteiger partial charge in [0.2, 0.25) is 11.1 Å². The molecule has 0 saturated heterocycles. The number of tetrazole rings is 1. The van der Waals surface area contributed by atoms with E-state index in [1.165, 1.54) is 11.8 Å². The molecule has 0 radical (unpaired) electrons. The van der Waals surface area contributed by atoms with Gasteiger partial charge < -0.3 is 10.1 Å². The van der Waals surface area contributed by atoms with Gasteiger partial charge in [0.05, 0.1) is 17.8 Å². The van der Waals surface area contributed by atoms with E-state index in [0.29, 0.717) is 33.8 Å². The highest BCUT2D eigenvalue weighted by Gasteiger charge is 2.10. The van der Waals surface area contributed by atoms with Gasteiger partial charge in [-0.05, 0) is 40.8 Å². The van der Waals surface area contributed by atoms with Crippen molar-refractivity contribution in [2.45, 2.75) is 11.6 Å². The number of hydrogen-bond donors (Lipinski definition) is 1. The van der Waals surface area contributed by atoms with E-state index >= 15 is 0 Å². The minimum absolute atomic E-state index is 0.113. The summed E-state index contributed by atoms with van der Waals surface area (Å²) in [6.07, 6.45) is 0.315. The van der Waals surface area contributed by atoms with Gasteiger partial charge in [0.1, 0.15) is 5.75 Å². The van der Waals surface area contributed by atoms with Crippen LogP contribution in [0.2, 0.25) is 5.02 Å². The smallest absolute Gasteiger partial charge is 0.225 e. The number of nitrogens with one attached hydrogen (secondary N) is 1. The number of aromatic nitrogens is 4. The van der Waals surface area contributed by atoms with E-state index in [4.69, 9.17) is 16.3 Å². The summed E-state index contributed by atoms with van der Waals surface area (Å²) in [5, 5.41) is 15.6. The average molecular weight is 390 g/mol. The molecule has 1 amide bonds. The Morgan fingerprint density at radius 3 is 2.81 bits per heavy atom. The average Bonchev–Trinajstić information content (AvgIpc) is 3.11. The van der Waals surface area contributed by atoms with Gasteiger partial charge in [-0.1, -0.05) is 41.6 Å². The molecule has 1 N–H and O–H groups in total. The number of hydrogen-bond acceptors (Lipinski definition) is 6. The van der Waals surface area contributed by atoms with Crippen LogP contribution in [0.3, 0.4) is 0 Å². The Bertz CT molecular complexity index is 888. The van der Waals surface area contributed by atoms with Crippen LogP contribution in [0.4, 0.5) is 5.69 Å². The molecular weight excluding hydrogens is 374 g/mol. The van der Waals surface area contributed by atoms with Gasteiger partial charge >= 0.3 is 0 Å². The first-order valence-corrected chi connectivity index (χ1v) is 9.13. The summed E-state index contributed by atoms with van der Waals surface area (Å²) in [6.45, 7) is 0. The number of carbonyl (C=O) groups is 1. The molecule has 134 valence electrons. The quantitative estimate of drug-likeness (QED) is 0.623. The second-order valence-electron chi connectivity index (χ2n) is 5.20. The van der Waals surface area contributed by atoms with Crippen molar-refractivity contribution in [1.29, 1.82) is 0 Å². The Morgan fingerprint density at radius 1 is 1.27 bits per heavy atom. The summed E-state index contributed by atoms with van der Waals surface area (Å²) in [5.74, 6) is 0.994. The standard InChI is InChI=1S/C17H16ClN5O2S/c1-25-15-8-7-12(11-14(15)18)19-16(24)9-10-26-17-20-21-22-23(17)13-5-3-2-4-6-13/h2-8,11H,9-10H2,1H3,(H,19,24). The maximum Gasteiger partial charge on any atom is 0.225 e. The molecule has 0 spiro atoms. The first kappa shape index (κ1) is 18.2. The normalized spacial score (nSPS) is 10.5. The largest absolute Gasteiger partial charge is 0.495 e. The molecule has 1 heterocycles. The van der Waals surface area contributed by atoms with Crippen LogP contribution in [0.1, 0.15) is 6.42 Å². The van der Waals surface area contributed by atoms with Crippen molar-refractivity contribution in [3.63, 3.8) is 0 Å². The fraction of sp³-hybridized carbons (Fsp3) is 0.176. The number of ether oxygens (including phenoxy) is 1. The van der Waals surface area contributed by atoms with Crippen molar-refractivity contribution in [2.24, 2.45) is 0 Å². The van der Waals surface area contributed by atoms with Crippen LogP contribution >= 0.6 is 23.4 Å². The molecule has 0 saturated carbocycles. The molecule has 0 aliphatic heterocycles. The van der Waals surface area contributed by atoms with E-state index in [1.54, 1.807) is 30.0 Å². The van der Waals surface area contributed by atoms with Crippen molar-refractivity contribution >= 4 is 35.0 Å². The lowest BCUT2D eigenvalue weighted by atomic mass is 10.3. The molecule has 0 aliphatic carbocycles. The van der Waals surface area contributed by atoms with Crippen LogP contribution in [-0.4, -0.2) is 39.0 Å². The Hall–Kier alpha value is -2.58. The molecule has 1 aromatic heterocycles. The van der Waals surface area contributed by atoms with Crippen LogP contribution in [0, 0.1) is 0 Å². The number of halogens is 1. The van der Waals surface area contributed by atoms with Crippen molar-refractivity contribution in [2.75, 3.05) is 18.2 Å². The van der Waals surface area contributed by atoms with E-state index in [2.05, 4.69) is 20.8 Å². The highest BCUT2D eigenvalue weighted by Crippen LogP contribution is 2.27. The molecule has 2 aromatic carbocycles. The van der Waals surface area contributed by atoms with Gasteiger partial charge in [-0.25, -0.2) is 0 Å². The second kappa shape index (κ2) is 8.68. The van der Waals surface area contributed by atoms with E-state index in [0.717, 1.165) is 5.69 Å². The number of para-hydroxylation sites is 1. The third-order valence-corrected chi connectivity index (χ3v) is 4.65. The third-order valence-electron chi connectivity index (χ3n) is 3.44. The molecule has 26 heavy (non-hydrogen) atoms. The van der Waals surface area contributed by atoms with Crippen molar-refractivity contribution in [3.8, 4) is 11.4 Å². The monoisotopic (exact) mass is 389 g/mol. The molecule has 0 bridgehead atoms. The number of carbonyl (C=O) groups excluding carboxylic acids is 1. The lowest BCUT2D eigenvalue weighted by Crippen LogP contribution is -2.12. The number of rotatable bonds is 7. The molecule has 0 atom stereocenters. The van der Waals surface area contributed by atoms with Gasteiger partial charge in [0.25, 0.3) is 0 Å². The topological polar surface area (TPSA) is 81.9 Å². The SMILES string of the molecule is COc1ccc(NC(=O)CCSc2nnnn2-c2ccccc2)cc1Cl. The molecule has 9 heteroatoms. The maximum absolute atomic E-state index is 12.1. The predicted molar refractivity (Wildman–Crippen MR) is 101 cm³/mol. The molecule has 0 aliphatic rings. The molecule has 3 aromatic rings. The molecule has 0 fully saturated rings. The van der Waals surface area contributed by atoms with Crippen LogP contribution in [0.15, 0.2) is 53.7 Å². The lowest BCUT2D eigenvalue weighted by molar-refractivity contribution is -0.115. The predicted octanol–water partition coefficient (Wildman–Crippen LogP) is 3.45. The van der Waals surface area contributed by atoms with Crippen LogP contribution < -0.4 is 10.1 Å². The number of methoxy groups -OCH3 is 1. The van der Waals surface area contributed by atoms with Gasteiger partial charge in [-0.15, -0.1) is 5.10 Å². The Labute approximate surface area is 159 Å². The fourth-order valence-electron chi connectivity index (χ4n) is 2.20. The van der Waals surface area contributed by atoms with Crippen molar-refractivity contribution < 1.29 is 9.53 Å². The molecule has 7 nitrogen and oxygen atoms in total.